The van der Waals surface area contributed by atoms with E-state index >= 15 is 0 Å². The fourth-order valence-corrected chi connectivity index (χ4v) is 3.00. The second kappa shape index (κ2) is 5.50. The molecule has 0 amide bonds. The molecule has 0 bridgehead atoms. The van der Waals surface area contributed by atoms with Crippen LogP contribution in [0, 0.1) is 5.92 Å². The third-order valence-electron chi connectivity index (χ3n) is 4.27. The van der Waals surface area contributed by atoms with Crippen molar-refractivity contribution < 1.29 is 0 Å². The summed E-state index contributed by atoms with van der Waals surface area (Å²) in [5.41, 5.74) is 0.271. The van der Waals surface area contributed by atoms with Crippen LogP contribution in [-0.2, 0) is 0 Å². The van der Waals surface area contributed by atoms with Gasteiger partial charge >= 0.3 is 0 Å². The largest absolute Gasteiger partial charge is 0.309 e. The van der Waals surface area contributed by atoms with Gasteiger partial charge in [0.15, 0.2) is 0 Å². The fraction of sp³-hybridized carbons (Fsp3) is 1.00. The molecule has 0 aliphatic carbocycles. The molecule has 0 radical (unpaired) electrons. The molecular formula is C14H30N2. The Labute approximate surface area is 102 Å². The highest BCUT2D eigenvalue weighted by molar-refractivity contribution is 4.93. The first kappa shape index (κ1) is 14.0. The van der Waals surface area contributed by atoms with Crippen molar-refractivity contribution in [1.82, 2.24) is 10.2 Å². The third-order valence-corrected chi connectivity index (χ3v) is 4.27. The van der Waals surface area contributed by atoms with Crippen LogP contribution in [0.4, 0.5) is 0 Å². The molecule has 2 atom stereocenters. The number of rotatable bonds is 4. The van der Waals surface area contributed by atoms with Gasteiger partial charge in [-0.2, -0.15) is 0 Å². The predicted molar refractivity (Wildman–Crippen MR) is 71.8 cm³/mol. The highest BCUT2D eigenvalue weighted by atomic mass is 15.3. The molecule has 1 N–H and O–H groups in total. The quantitative estimate of drug-likeness (QED) is 0.793. The summed E-state index contributed by atoms with van der Waals surface area (Å²) in [5.74, 6) is 0.844. The van der Waals surface area contributed by atoms with E-state index in [2.05, 4.69) is 51.8 Å². The standard InChI is InChI=1S/C14H30N2/c1-7-13(8-2)12(4)16-10-14(5,6)15-9-11(16)3/h11-13,15H,7-10H2,1-6H3. The summed E-state index contributed by atoms with van der Waals surface area (Å²) < 4.78 is 0. The molecule has 1 heterocycles. The lowest BCUT2D eigenvalue weighted by Gasteiger charge is -2.48. The normalized spacial score (nSPS) is 28.3. The lowest BCUT2D eigenvalue weighted by atomic mass is 9.90. The lowest BCUT2D eigenvalue weighted by Crippen LogP contribution is -2.63. The minimum atomic E-state index is 0.271. The summed E-state index contributed by atoms with van der Waals surface area (Å²) in [4.78, 5) is 2.70. The Morgan fingerprint density at radius 2 is 1.88 bits per heavy atom. The Balaban J connectivity index is 2.68. The van der Waals surface area contributed by atoms with Crippen molar-refractivity contribution in [2.45, 2.75) is 72.0 Å². The summed E-state index contributed by atoms with van der Waals surface area (Å²) in [5, 5.41) is 3.63. The van der Waals surface area contributed by atoms with Crippen LogP contribution in [0.15, 0.2) is 0 Å². The molecule has 96 valence electrons. The molecule has 1 saturated heterocycles. The molecule has 0 saturated carbocycles. The van der Waals surface area contributed by atoms with Gasteiger partial charge in [-0.1, -0.05) is 26.7 Å². The first-order chi connectivity index (χ1) is 7.41. The van der Waals surface area contributed by atoms with Crippen molar-refractivity contribution in [3.05, 3.63) is 0 Å². The van der Waals surface area contributed by atoms with E-state index in [0.717, 1.165) is 12.5 Å². The van der Waals surface area contributed by atoms with E-state index in [1.54, 1.807) is 0 Å². The minimum Gasteiger partial charge on any atom is -0.309 e. The van der Waals surface area contributed by atoms with Crippen molar-refractivity contribution in [2.75, 3.05) is 13.1 Å². The average Bonchev–Trinajstić information content (AvgIpc) is 2.23. The summed E-state index contributed by atoms with van der Waals surface area (Å²) in [6, 6.07) is 1.38. The zero-order valence-corrected chi connectivity index (χ0v) is 12.0. The van der Waals surface area contributed by atoms with Gasteiger partial charge in [0.25, 0.3) is 0 Å². The molecule has 1 aliphatic rings. The molecule has 16 heavy (non-hydrogen) atoms. The number of piperazine rings is 1. The van der Waals surface area contributed by atoms with Gasteiger partial charge in [0.2, 0.25) is 0 Å². The highest BCUT2D eigenvalue weighted by Crippen LogP contribution is 2.24. The monoisotopic (exact) mass is 226 g/mol. The summed E-state index contributed by atoms with van der Waals surface area (Å²) >= 11 is 0. The predicted octanol–water partition coefficient (Wildman–Crippen LogP) is 2.88. The zero-order valence-electron chi connectivity index (χ0n) is 12.0. The van der Waals surface area contributed by atoms with Crippen LogP contribution in [0.2, 0.25) is 0 Å². The molecule has 1 aliphatic heterocycles. The van der Waals surface area contributed by atoms with Crippen LogP contribution < -0.4 is 5.32 Å². The third kappa shape index (κ3) is 3.21. The van der Waals surface area contributed by atoms with E-state index in [4.69, 9.17) is 0 Å². The van der Waals surface area contributed by atoms with E-state index in [1.165, 1.54) is 19.4 Å². The van der Waals surface area contributed by atoms with Crippen LogP contribution in [-0.4, -0.2) is 35.6 Å². The topological polar surface area (TPSA) is 15.3 Å². The van der Waals surface area contributed by atoms with Crippen LogP contribution in [0.25, 0.3) is 0 Å². The number of hydrogen-bond donors (Lipinski definition) is 1. The summed E-state index contributed by atoms with van der Waals surface area (Å²) in [6.45, 7) is 16.3. The number of nitrogens with zero attached hydrogens (tertiary/aromatic N) is 1. The van der Waals surface area contributed by atoms with Crippen LogP contribution in [0.5, 0.6) is 0 Å². The Bertz CT molecular complexity index is 209. The summed E-state index contributed by atoms with van der Waals surface area (Å²) in [7, 11) is 0. The first-order valence-electron chi connectivity index (χ1n) is 6.92. The maximum Gasteiger partial charge on any atom is 0.0253 e. The Kier molecular flexibility index (Phi) is 4.81. The second-order valence-electron chi connectivity index (χ2n) is 6.10. The lowest BCUT2D eigenvalue weighted by molar-refractivity contribution is 0.0418. The van der Waals surface area contributed by atoms with E-state index < -0.39 is 0 Å². The van der Waals surface area contributed by atoms with Gasteiger partial charge in [0, 0.05) is 30.7 Å². The van der Waals surface area contributed by atoms with Gasteiger partial charge < -0.3 is 5.32 Å². The zero-order chi connectivity index (χ0) is 12.3. The van der Waals surface area contributed by atoms with Crippen molar-refractivity contribution in [2.24, 2.45) is 5.92 Å². The Morgan fingerprint density at radius 1 is 1.31 bits per heavy atom. The van der Waals surface area contributed by atoms with Gasteiger partial charge in [-0.05, 0) is 33.6 Å². The second-order valence-corrected chi connectivity index (χ2v) is 6.10. The smallest absolute Gasteiger partial charge is 0.0253 e. The molecule has 0 spiro atoms. The average molecular weight is 226 g/mol. The van der Waals surface area contributed by atoms with E-state index in [-0.39, 0.29) is 5.54 Å². The van der Waals surface area contributed by atoms with Gasteiger partial charge in [-0.25, -0.2) is 0 Å². The van der Waals surface area contributed by atoms with E-state index in [0.29, 0.717) is 12.1 Å². The van der Waals surface area contributed by atoms with Gasteiger partial charge in [-0.3, -0.25) is 4.90 Å². The molecule has 2 nitrogen and oxygen atoms in total. The molecule has 2 heteroatoms. The van der Waals surface area contributed by atoms with Gasteiger partial charge in [-0.15, -0.1) is 0 Å². The highest BCUT2D eigenvalue weighted by Gasteiger charge is 2.34. The van der Waals surface area contributed by atoms with E-state index in [9.17, 15) is 0 Å². The van der Waals surface area contributed by atoms with Crippen molar-refractivity contribution in [3.8, 4) is 0 Å². The number of hydrogen-bond acceptors (Lipinski definition) is 2. The molecule has 0 aromatic rings. The Hall–Kier alpha value is -0.0800. The molecule has 0 aromatic heterocycles. The maximum atomic E-state index is 3.63. The fourth-order valence-electron chi connectivity index (χ4n) is 3.00. The van der Waals surface area contributed by atoms with Crippen LogP contribution in [0.3, 0.4) is 0 Å². The van der Waals surface area contributed by atoms with Crippen LogP contribution >= 0.6 is 0 Å². The Morgan fingerprint density at radius 3 is 2.38 bits per heavy atom. The van der Waals surface area contributed by atoms with E-state index in [1.807, 2.05) is 0 Å². The number of nitrogens with one attached hydrogen (secondary N) is 1. The first-order valence-corrected chi connectivity index (χ1v) is 6.92. The van der Waals surface area contributed by atoms with Gasteiger partial charge in [0.1, 0.15) is 0 Å². The maximum absolute atomic E-state index is 3.63. The van der Waals surface area contributed by atoms with Crippen molar-refractivity contribution in [1.29, 1.82) is 0 Å². The van der Waals surface area contributed by atoms with Crippen molar-refractivity contribution in [3.63, 3.8) is 0 Å². The minimum absolute atomic E-state index is 0.271. The van der Waals surface area contributed by atoms with Gasteiger partial charge in [0.05, 0.1) is 0 Å². The molecular weight excluding hydrogens is 196 g/mol. The SMILES string of the molecule is CCC(CC)C(C)N1CC(C)(C)NCC1C. The molecule has 0 aromatic carbocycles. The molecule has 2 unspecified atom stereocenters. The van der Waals surface area contributed by atoms with Crippen LogP contribution in [0.1, 0.15) is 54.4 Å². The summed E-state index contributed by atoms with van der Waals surface area (Å²) in [6.07, 6.45) is 2.60. The van der Waals surface area contributed by atoms with Crippen molar-refractivity contribution >= 4 is 0 Å². The molecule has 1 rings (SSSR count). The molecule has 1 fully saturated rings.